The van der Waals surface area contributed by atoms with Crippen LogP contribution >= 0.6 is 12.2 Å². The van der Waals surface area contributed by atoms with Crippen LogP contribution in [0.15, 0.2) is 30.3 Å². The molecule has 1 aromatic rings. The number of nitrogens with zero attached hydrogens (tertiary/aromatic N) is 1. The predicted molar refractivity (Wildman–Crippen MR) is 72.5 cm³/mol. The first kappa shape index (κ1) is 11.6. The van der Waals surface area contributed by atoms with E-state index in [1.54, 1.807) is 0 Å². The van der Waals surface area contributed by atoms with Crippen LogP contribution in [0.2, 0.25) is 0 Å². The van der Waals surface area contributed by atoms with Gasteiger partial charge in [-0.25, -0.2) is 0 Å². The van der Waals surface area contributed by atoms with Gasteiger partial charge in [-0.1, -0.05) is 49.5 Å². The van der Waals surface area contributed by atoms with Gasteiger partial charge in [-0.15, -0.1) is 0 Å². The first-order valence-electron chi connectivity index (χ1n) is 5.81. The monoisotopic (exact) mass is 233 g/mol. The smallest absolute Gasteiger partial charge is 0.0841 e. The van der Waals surface area contributed by atoms with Crippen molar-refractivity contribution in [3.8, 4) is 0 Å². The van der Waals surface area contributed by atoms with E-state index in [1.807, 2.05) is 0 Å². The number of thiocarbonyl (C=S) groups is 1. The molecule has 2 rings (SSSR count). The maximum Gasteiger partial charge on any atom is 0.0841 e. The summed E-state index contributed by atoms with van der Waals surface area (Å²) in [4.78, 5) is 3.46. The Hall–Kier alpha value is -0.890. The molecule has 0 bridgehead atoms. The zero-order valence-electron chi connectivity index (χ0n) is 10.4. The van der Waals surface area contributed by atoms with Gasteiger partial charge in [0.1, 0.15) is 0 Å². The Morgan fingerprint density at radius 2 is 1.69 bits per heavy atom. The molecule has 16 heavy (non-hydrogen) atoms. The molecule has 1 saturated heterocycles. The lowest BCUT2D eigenvalue weighted by molar-refractivity contribution is 0.0940. The molecule has 1 aliphatic rings. The lowest BCUT2D eigenvalue weighted by Gasteiger charge is -2.56. The van der Waals surface area contributed by atoms with Crippen LogP contribution in [0.4, 0.5) is 0 Å². The van der Waals surface area contributed by atoms with E-state index in [2.05, 4.69) is 62.9 Å². The molecule has 0 aromatic heterocycles. The molecule has 1 aromatic carbocycles. The van der Waals surface area contributed by atoms with Gasteiger partial charge >= 0.3 is 0 Å². The summed E-state index contributed by atoms with van der Waals surface area (Å²) in [7, 11) is 0. The van der Waals surface area contributed by atoms with Crippen LogP contribution in [-0.2, 0) is 0 Å². The van der Waals surface area contributed by atoms with Crippen LogP contribution in [0.1, 0.15) is 39.3 Å². The average Bonchev–Trinajstić information content (AvgIpc) is 2.23. The van der Waals surface area contributed by atoms with Crippen molar-refractivity contribution < 1.29 is 0 Å². The Labute approximate surface area is 103 Å². The van der Waals surface area contributed by atoms with Crippen molar-refractivity contribution in [3.63, 3.8) is 0 Å². The fourth-order valence-electron chi connectivity index (χ4n) is 2.47. The highest BCUT2D eigenvalue weighted by Gasteiger charge is 2.46. The first-order valence-corrected chi connectivity index (χ1v) is 6.22. The Morgan fingerprint density at radius 3 is 2.19 bits per heavy atom. The number of hydrogen-bond donors (Lipinski definition) is 0. The summed E-state index contributed by atoms with van der Waals surface area (Å²) in [6.45, 7) is 8.89. The van der Waals surface area contributed by atoms with Crippen molar-refractivity contribution >= 4 is 17.2 Å². The van der Waals surface area contributed by atoms with Crippen molar-refractivity contribution in [2.75, 3.05) is 0 Å². The lowest BCUT2D eigenvalue weighted by atomic mass is 9.80. The minimum atomic E-state index is 0.115. The molecule has 1 aliphatic heterocycles. The summed E-state index contributed by atoms with van der Waals surface area (Å²) >= 11 is 5.48. The van der Waals surface area contributed by atoms with Gasteiger partial charge in [-0.2, -0.15) is 0 Å². The average molecular weight is 233 g/mol. The maximum absolute atomic E-state index is 5.48. The van der Waals surface area contributed by atoms with E-state index in [1.165, 1.54) is 5.56 Å². The van der Waals surface area contributed by atoms with E-state index in [4.69, 9.17) is 12.2 Å². The Morgan fingerprint density at radius 1 is 1.12 bits per heavy atom. The van der Waals surface area contributed by atoms with Gasteiger partial charge in [0.25, 0.3) is 0 Å². The van der Waals surface area contributed by atoms with Gasteiger partial charge in [0.05, 0.1) is 11.0 Å². The minimum Gasteiger partial charge on any atom is -0.353 e. The van der Waals surface area contributed by atoms with Crippen LogP contribution in [0.5, 0.6) is 0 Å². The minimum absolute atomic E-state index is 0.115. The third kappa shape index (κ3) is 1.75. The number of likely N-dealkylation sites (tertiary alicyclic amines) is 1. The van der Waals surface area contributed by atoms with Gasteiger partial charge in [-0.3, -0.25) is 0 Å². The molecule has 86 valence electrons. The molecule has 0 saturated carbocycles. The van der Waals surface area contributed by atoms with Gasteiger partial charge in [-0.05, 0) is 26.3 Å². The fraction of sp³-hybridized carbons (Fsp3) is 0.500. The highest BCUT2D eigenvalue weighted by molar-refractivity contribution is 7.80. The summed E-state index contributed by atoms with van der Waals surface area (Å²) in [5.74, 6) is 0.483. The van der Waals surface area contributed by atoms with Crippen molar-refractivity contribution in [2.45, 2.75) is 39.3 Å². The van der Waals surface area contributed by atoms with Crippen molar-refractivity contribution in [3.05, 3.63) is 35.9 Å². The van der Waals surface area contributed by atoms with Gasteiger partial charge in [0, 0.05) is 11.5 Å². The molecule has 1 fully saturated rings. The fourth-order valence-corrected chi connectivity index (χ4v) is 2.99. The molecular weight excluding hydrogens is 214 g/mol. The summed E-state index contributed by atoms with van der Waals surface area (Å²) in [5.41, 5.74) is 1.49. The molecule has 1 heterocycles. The third-order valence-corrected chi connectivity index (χ3v) is 3.81. The largest absolute Gasteiger partial charge is 0.353 e. The molecule has 2 atom stereocenters. The van der Waals surface area contributed by atoms with Crippen LogP contribution in [-0.4, -0.2) is 15.4 Å². The van der Waals surface area contributed by atoms with E-state index in [0.717, 1.165) is 4.99 Å². The van der Waals surface area contributed by atoms with Crippen molar-refractivity contribution in [2.24, 2.45) is 5.92 Å². The van der Waals surface area contributed by atoms with Crippen LogP contribution in [0, 0.1) is 5.92 Å². The molecule has 0 aliphatic carbocycles. The van der Waals surface area contributed by atoms with Crippen molar-refractivity contribution in [1.82, 2.24) is 4.90 Å². The van der Waals surface area contributed by atoms with Gasteiger partial charge in [0.2, 0.25) is 0 Å². The number of hydrogen-bond acceptors (Lipinski definition) is 1. The molecular formula is C14H19NS. The molecule has 0 spiro atoms. The molecule has 2 unspecified atom stereocenters. The summed E-state index contributed by atoms with van der Waals surface area (Å²) < 4.78 is 0. The van der Waals surface area contributed by atoms with Gasteiger partial charge < -0.3 is 4.90 Å². The second kappa shape index (κ2) is 3.85. The van der Waals surface area contributed by atoms with E-state index in [9.17, 15) is 0 Å². The molecule has 0 N–H and O–H groups in total. The molecule has 2 heteroatoms. The standard InChI is InChI=1S/C14H19NS/c1-10-12(11-8-6-5-7-9-11)15(13(10)16)14(2,3)4/h5-10,12H,1-4H3. The number of benzene rings is 1. The van der Waals surface area contributed by atoms with E-state index < -0.39 is 0 Å². The topological polar surface area (TPSA) is 3.24 Å². The van der Waals surface area contributed by atoms with Crippen molar-refractivity contribution in [1.29, 1.82) is 0 Å². The summed E-state index contributed by atoms with van der Waals surface area (Å²) in [6.07, 6.45) is 0. The highest BCUT2D eigenvalue weighted by atomic mass is 32.1. The van der Waals surface area contributed by atoms with Crippen LogP contribution in [0.3, 0.4) is 0 Å². The summed E-state index contributed by atoms with van der Waals surface area (Å²) in [5, 5.41) is 0. The Balaban J connectivity index is 2.31. The first-order chi connectivity index (χ1) is 7.43. The molecule has 0 amide bonds. The number of rotatable bonds is 1. The zero-order chi connectivity index (χ0) is 11.9. The second-order valence-corrected chi connectivity index (χ2v) is 5.94. The maximum atomic E-state index is 5.48. The normalized spacial score (nSPS) is 25.5. The van der Waals surface area contributed by atoms with E-state index in [-0.39, 0.29) is 5.54 Å². The Kier molecular flexibility index (Phi) is 2.79. The van der Waals surface area contributed by atoms with E-state index >= 15 is 0 Å². The Bertz CT molecular complexity index is 391. The highest BCUT2D eigenvalue weighted by Crippen LogP contribution is 2.45. The summed E-state index contributed by atoms with van der Waals surface area (Å²) in [6, 6.07) is 11.1. The SMILES string of the molecule is CC1C(=S)N(C(C)(C)C)C1c1ccccc1. The second-order valence-electron chi connectivity index (χ2n) is 5.52. The quantitative estimate of drug-likeness (QED) is 0.679. The van der Waals surface area contributed by atoms with Crippen LogP contribution in [0.25, 0.3) is 0 Å². The third-order valence-electron chi connectivity index (χ3n) is 3.24. The predicted octanol–water partition coefficient (Wildman–Crippen LogP) is 3.81. The molecule has 1 nitrogen and oxygen atoms in total. The lowest BCUT2D eigenvalue weighted by Crippen LogP contribution is -2.60. The van der Waals surface area contributed by atoms with E-state index in [0.29, 0.717) is 12.0 Å². The van der Waals surface area contributed by atoms with Gasteiger partial charge in [0.15, 0.2) is 0 Å². The zero-order valence-corrected chi connectivity index (χ0v) is 11.2. The van der Waals surface area contributed by atoms with Crippen LogP contribution < -0.4 is 0 Å². The molecule has 0 radical (unpaired) electrons.